The van der Waals surface area contributed by atoms with Crippen molar-refractivity contribution in [2.24, 2.45) is 5.73 Å². The van der Waals surface area contributed by atoms with E-state index in [2.05, 4.69) is 18.7 Å². The predicted molar refractivity (Wildman–Crippen MR) is 73.2 cm³/mol. The second-order valence-electron chi connectivity index (χ2n) is 5.61. The Hall–Kier alpha value is -0.120. The standard InChI is InChI=1S/C14H30N2O/c1-4-5-6-8-13(11-15)16-10-7-9-14(2,12-16)17-3/h13H,4-12,15H2,1-3H3. The molecule has 0 amide bonds. The molecule has 3 heteroatoms. The summed E-state index contributed by atoms with van der Waals surface area (Å²) in [5, 5.41) is 0. The van der Waals surface area contributed by atoms with E-state index in [-0.39, 0.29) is 5.60 Å². The topological polar surface area (TPSA) is 38.5 Å². The largest absolute Gasteiger partial charge is 0.377 e. The second-order valence-corrected chi connectivity index (χ2v) is 5.61. The Bertz CT molecular complexity index is 210. The van der Waals surface area contributed by atoms with E-state index in [1.54, 1.807) is 0 Å². The van der Waals surface area contributed by atoms with Crippen LogP contribution in [-0.4, -0.2) is 43.3 Å². The number of hydrogen-bond donors (Lipinski definition) is 1. The Morgan fingerprint density at radius 2 is 2.18 bits per heavy atom. The highest BCUT2D eigenvalue weighted by Crippen LogP contribution is 2.26. The molecule has 0 aromatic heterocycles. The zero-order chi connectivity index (χ0) is 12.7. The van der Waals surface area contributed by atoms with E-state index in [9.17, 15) is 0 Å². The van der Waals surface area contributed by atoms with Crippen LogP contribution in [0.15, 0.2) is 0 Å². The van der Waals surface area contributed by atoms with Gasteiger partial charge >= 0.3 is 0 Å². The van der Waals surface area contributed by atoms with Crippen molar-refractivity contribution in [1.82, 2.24) is 4.90 Å². The summed E-state index contributed by atoms with van der Waals surface area (Å²) in [6, 6.07) is 0.552. The lowest BCUT2D eigenvalue weighted by molar-refractivity contribution is -0.0612. The van der Waals surface area contributed by atoms with Crippen LogP contribution < -0.4 is 5.73 Å². The van der Waals surface area contributed by atoms with Gasteiger partial charge < -0.3 is 10.5 Å². The number of methoxy groups -OCH3 is 1. The predicted octanol–water partition coefficient (Wildman–Crippen LogP) is 2.39. The number of nitrogens with zero attached hydrogens (tertiary/aromatic N) is 1. The van der Waals surface area contributed by atoms with Crippen LogP contribution in [0.1, 0.15) is 52.4 Å². The number of likely N-dealkylation sites (tertiary alicyclic amines) is 1. The number of rotatable bonds is 7. The third-order valence-electron chi connectivity index (χ3n) is 4.11. The molecule has 2 N–H and O–H groups in total. The van der Waals surface area contributed by atoms with Gasteiger partial charge in [0.2, 0.25) is 0 Å². The number of ether oxygens (including phenoxy) is 1. The third kappa shape index (κ3) is 4.57. The first kappa shape index (κ1) is 14.9. The molecule has 0 radical (unpaired) electrons. The quantitative estimate of drug-likeness (QED) is 0.697. The lowest BCUT2D eigenvalue weighted by Crippen LogP contribution is -2.53. The van der Waals surface area contributed by atoms with Gasteiger partial charge in [-0.1, -0.05) is 26.2 Å². The van der Waals surface area contributed by atoms with Gasteiger partial charge in [0.1, 0.15) is 0 Å². The lowest BCUT2D eigenvalue weighted by Gasteiger charge is -2.43. The van der Waals surface area contributed by atoms with E-state index in [0.29, 0.717) is 6.04 Å². The van der Waals surface area contributed by atoms with Crippen LogP contribution >= 0.6 is 0 Å². The maximum Gasteiger partial charge on any atom is 0.0777 e. The Morgan fingerprint density at radius 1 is 1.41 bits per heavy atom. The van der Waals surface area contributed by atoms with Crippen molar-refractivity contribution in [2.45, 2.75) is 64.0 Å². The molecule has 1 rings (SSSR count). The molecule has 17 heavy (non-hydrogen) atoms. The van der Waals surface area contributed by atoms with Crippen LogP contribution in [0.4, 0.5) is 0 Å². The van der Waals surface area contributed by atoms with Crippen LogP contribution in [0.25, 0.3) is 0 Å². The van der Waals surface area contributed by atoms with Gasteiger partial charge in [-0.15, -0.1) is 0 Å². The van der Waals surface area contributed by atoms with E-state index < -0.39 is 0 Å². The fraction of sp³-hybridized carbons (Fsp3) is 1.00. The molecule has 1 heterocycles. The summed E-state index contributed by atoms with van der Waals surface area (Å²) >= 11 is 0. The molecule has 1 aliphatic rings. The van der Waals surface area contributed by atoms with E-state index in [0.717, 1.165) is 13.1 Å². The lowest BCUT2D eigenvalue weighted by atomic mass is 9.92. The van der Waals surface area contributed by atoms with Crippen molar-refractivity contribution in [3.63, 3.8) is 0 Å². The maximum atomic E-state index is 5.93. The van der Waals surface area contributed by atoms with Gasteiger partial charge in [-0.3, -0.25) is 4.90 Å². The molecule has 0 aromatic carbocycles. The molecule has 2 atom stereocenters. The SMILES string of the molecule is CCCCCC(CN)N1CCCC(C)(OC)C1. The first-order valence-electron chi connectivity index (χ1n) is 7.14. The zero-order valence-corrected chi connectivity index (χ0v) is 11.9. The molecule has 0 aliphatic carbocycles. The monoisotopic (exact) mass is 242 g/mol. The van der Waals surface area contributed by atoms with Crippen LogP contribution in [-0.2, 0) is 4.74 Å². The maximum absolute atomic E-state index is 5.93. The van der Waals surface area contributed by atoms with Crippen molar-refractivity contribution in [2.75, 3.05) is 26.7 Å². The van der Waals surface area contributed by atoms with E-state index in [4.69, 9.17) is 10.5 Å². The van der Waals surface area contributed by atoms with Crippen LogP contribution in [0, 0.1) is 0 Å². The Labute approximate surface area is 107 Å². The summed E-state index contributed by atoms with van der Waals surface area (Å²) in [5.74, 6) is 0. The smallest absolute Gasteiger partial charge is 0.0777 e. The minimum atomic E-state index is 0.0381. The van der Waals surface area contributed by atoms with Gasteiger partial charge in [0, 0.05) is 26.2 Å². The fourth-order valence-corrected chi connectivity index (χ4v) is 2.80. The van der Waals surface area contributed by atoms with Gasteiger partial charge in [0.25, 0.3) is 0 Å². The van der Waals surface area contributed by atoms with Gasteiger partial charge in [-0.2, -0.15) is 0 Å². The minimum absolute atomic E-state index is 0.0381. The Morgan fingerprint density at radius 3 is 2.76 bits per heavy atom. The third-order valence-corrected chi connectivity index (χ3v) is 4.11. The molecular formula is C14H30N2O. The van der Waals surface area contributed by atoms with Crippen LogP contribution in [0.5, 0.6) is 0 Å². The summed E-state index contributed by atoms with van der Waals surface area (Å²) in [6.45, 7) is 7.48. The van der Waals surface area contributed by atoms with E-state index in [1.807, 2.05) is 7.11 Å². The first-order valence-corrected chi connectivity index (χ1v) is 7.14. The van der Waals surface area contributed by atoms with Crippen molar-refractivity contribution < 1.29 is 4.74 Å². The summed E-state index contributed by atoms with van der Waals surface area (Å²) in [6.07, 6.45) is 7.56. The summed E-state index contributed by atoms with van der Waals surface area (Å²) in [5.41, 5.74) is 5.97. The highest BCUT2D eigenvalue weighted by molar-refractivity contribution is 4.88. The van der Waals surface area contributed by atoms with Crippen molar-refractivity contribution in [3.05, 3.63) is 0 Å². The number of nitrogens with two attached hydrogens (primary N) is 1. The van der Waals surface area contributed by atoms with Crippen molar-refractivity contribution in [1.29, 1.82) is 0 Å². The Balaban J connectivity index is 2.44. The van der Waals surface area contributed by atoms with Gasteiger partial charge in [-0.25, -0.2) is 0 Å². The highest BCUT2D eigenvalue weighted by atomic mass is 16.5. The molecule has 3 nitrogen and oxygen atoms in total. The molecule has 2 unspecified atom stereocenters. The summed E-state index contributed by atoms with van der Waals surface area (Å²) < 4.78 is 5.65. The van der Waals surface area contributed by atoms with E-state index in [1.165, 1.54) is 45.1 Å². The van der Waals surface area contributed by atoms with Crippen LogP contribution in [0.3, 0.4) is 0 Å². The molecule has 0 aromatic rings. The van der Waals surface area contributed by atoms with Crippen molar-refractivity contribution in [3.8, 4) is 0 Å². The average molecular weight is 242 g/mol. The second kappa shape index (κ2) is 7.34. The molecule has 0 saturated carbocycles. The van der Waals surface area contributed by atoms with Gasteiger partial charge in [-0.05, 0) is 32.7 Å². The van der Waals surface area contributed by atoms with Gasteiger partial charge in [0.15, 0.2) is 0 Å². The number of piperidine rings is 1. The number of unbranched alkanes of at least 4 members (excludes halogenated alkanes) is 2. The number of hydrogen-bond acceptors (Lipinski definition) is 3. The highest BCUT2D eigenvalue weighted by Gasteiger charge is 2.33. The molecular weight excluding hydrogens is 212 g/mol. The summed E-state index contributed by atoms with van der Waals surface area (Å²) in [4.78, 5) is 2.54. The molecule has 0 spiro atoms. The molecule has 1 aliphatic heterocycles. The summed E-state index contributed by atoms with van der Waals surface area (Å²) in [7, 11) is 1.83. The van der Waals surface area contributed by atoms with E-state index >= 15 is 0 Å². The average Bonchev–Trinajstić information content (AvgIpc) is 2.35. The normalized spacial score (nSPS) is 28.2. The molecule has 1 saturated heterocycles. The molecule has 1 fully saturated rings. The molecule has 102 valence electrons. The Kier molecular flexibility index (Phi) is 6.45. The van der Waals surface area contributed by atoms with Crippen LogP contribution in [0.2, 0.25) is 0 Å². The van der Waals surface area contributed by atoms with Gasteiger partial charge in [0.05, 0.1) is 5.60 Å². The first-order chi connectivity index (χ1) is 8.15. The zero-order valence-electron chi connectivity index (χ0n) is 11.9. The fourth-order valence-electron chi connectivity index (χ4n) is 2.80. The van der Waals surface area contributed by atoms with Crippen molar-refractivity contribution >= 4 is 0 Å². The molecule has 0 bridgehead atoms. The minimum Gasteiger partial charge on any atom is -0.377 e.